The number of rotatable bonds is 2. The summed E-state index contributed by atoms with van der Waals surface area (Å²) in [5.41, 5.74) is 5.88. The van der Waals surface area contributed by atoms with E-state index < -0.39 is 0 Å². The molecule has 4 nitrogen and oxygen atoms in total. The van der Waals surface area contributed by atoms with E-state index in [4.69, 9.17) is 5.73 Å². The molecule has 0 bridgehead atoms. The molecule has 14 heavy (non-hydrogen) atoms. The Morgan fingerprint density at radius 2 is 2.36 bits per heavy atom. The molecule has 78 valence electrons. The van der Waals surface area contributed by atoms with Gasteiger partial charge < -0.3 is 15.2 Å². The van der Waals surface area contributed by atoms with Crippen LogP contribution < -0.4 is 10.6 Å². The Morgan fingerprint density at radius 1 is 1.57 bits per heavy atom. The summed E-state index contributed by atoms with van der Waals surface area (Å²) < 4.78 is 2.19. The van der Waals surface area contributed by atoms with Crippen molar-refractivity contribution in [2.45, 2.75) is 32.4 Å². The summed E-state index contributed by atoms with van der Waals surface area (Å²) in [6.07, 6.45) is 4.97. The summed E-state index contributed by atoms with van der Waals surface area (Å²) in [4.78, 5) is 6.66. The quantitative estimate of drug-likeness (QED) is 0.764. The first-order valence-electron chi connectivity index (χ1n) is 5.22. The molecule has 2 rings (SSSR count). The van der Waals surface area contributed by atoms with Gasteiger partial charge in [-0.15, -0.1) is 0 Å². The van der Waals surface area contributed by atoms with Gasteiger partial charge in [-0.1, -0.05) is 0 Å². The van der Waals surface area contributed by atoms with Crippen LogP contribution in [0.25, 0.3) is 0 Å². The first-order valence-corrected chi connectivity index (χ1v) is 5.22. The standard InChI is InChI=1S/C10H18N4/c1-8(2)14-6-4-12-10(14)13-5-3-9(11)7-13/h4,6,8-9H,3,5,7,11H2,1-2H3. The molecule has 1 aromatic heterocycles. The van der Waals surface area contributed by atoms with E-state index in [-0.39, 0.29) is 0 Å². The molecule has 0 amide bonds. The van der Waals surface area contributed by atoms with Gasteiger partial charge in [-0.3, -0.25) is 0 Å². The summed E-state index contributed by atoms with van der Waals surface area (Å²) in [6.45, 7) is 6.30. The highest BCUT2D eigenvalue weighted by molar-refractivity contribution is 5.34. The van der Waals surface area contributed by atoms with Crippen LogP contribution in [0.2, 0.25) is 0 Å². The second-order valence-corrected chi connectivity index (χ2v) is 4.22. The predicted molar refractivity (Wildman–Crippen MR) is 57.4 cm³/mol. The normalized spacial score (nSPS) is 22.3. The Morgan fingerprint density at radius 3 is 2.93 bits per heavy atom. The third-order valence-corrected chi connectivity index (χ3v) is 2.71. The molecular formula is C10H18N4. The lowest BCUT2D eigenvalue weighted by Crippen LogP contribution is -2.28. The Kier molecular flexibility index (Phi) is 2.46. The van der Waals surface area contributed by atoms with E-state index in [0.717, 1.165) is 25.5 Å². The van der Waals surface area contributed by atoms with Gasteiger partial charge in [0.05, 0.1) is 0 Å². The molecule has 1 aromatic rings. The molecule has 4 heteroatoms. The van der Waals surface area contributed by atoms with Gasteiger partial charge in [0.1, 0.15) is 0 Å². The number of anilines is 1. The zero-order valence-corrected chi connectivity index (χ0v) is 8.85. The van der Waals surface area contributed by atoms with Crippen molar-refractivity contribution in [2.75, 3.05) is 18.0 Å². The van der Waals surface area contributed by atoms with Gasteiger partial charge in [0.25, 0.3) is 0 Å². The van der Waals surface area contributed by atoms with Crippen LogP contribution in [-0.4, -0.2) is 28.7 Å². The molecule has 1 unspecified atom stereocenters. The van der Waals surface area contributed by atoms with Crippen LogP contribution in [0.4, 0.5) is 5.95 Å². The van der Waals surface area contributed by atoms with Gasteiger partial charge in [0.15, 0.2) is 0 Å². The number of hydrogen-bond donors (Lipinski definition) is 1. The number of nitrogens with two attached hydrogens (primary N) is 1. The van der Waals surface area contributed by atoms with Crippen LogP contribution in [0.3, 0.4) is 0 Å². The summed E-state index contributed by atoms with van der Waals surface area (Å²) in [6, 6.07) is 0.775. The van der Waals surface area contributed by atoms with E-state index in [2.05, 4.69) is 28.3 Å². The van der Waals surface area contributed by atoms with Crippen LogP contribution in [0.15, 0.2) is 12.4 Å². The van der Waals surface area contributed by atoms with Crippen LogP contribution in [0, 0.1) is 0 Å². The molecule has 0 saturated carbocycles. The molecule has 2 N–H and O–H groups in total. The fourth-order valence-corrected chi connectivity index (χ4v) is 1.92. The molecular weight excluding hydrogens is 176 g/mol. The van der Waals surface area contributed by atoms with Gasteiger partial charge >= 0.3 is 0 Å². The largest absolute Gasteiger partial charge is 0.341 e. The topological polar surface area (TPSA) is 47.1 Å². The Labute approximate surface area is 84.7 Å². The van der Waals surface area contributed by atoms with Gasteiger partial charge in [0.2, 0.25) is 5.95 Å². The second kappa shape index (κ2) is 3.61. The summed E-state index contributed by atoms with van der Waals surface area (Å²) in [5, 5.41) is 0. The fourth-order valence-electron chi connectivity index (χ4n) is 1.92. The first kappa shape index (κ1) is 9.52. The molecule has 1 saturated heterocycles. The van der Waals surface area contributed by atoms with Gasteiger partial charge in [-0.05, 0) is 20.3 Å². The SMILES string of the molecule is CC(C)n1ccnc1N1CCC(N)C1. The summed E-state index contributed by atoms with van der Waals surface area (Å²) in [5.74, 6) is 1.06. The summed E-state index contributed by atoms with van der Waals surface area (Å²) >= 11 is 0. The van der Waals surface area contributed by atoms with E-state index >= 15 is 0 Å². The average Bonchev–Trinajstić information content (AvgIpc) is 2.70. The Hall–Kier alpha value is -1.03. The molecule has 1 fully saturated rings. The fraction of sp³-hybridized carbons (Fsp3) is 0.700. The van der Waals surface area contributed by atoms with Crippen molar-refractivity contribution in [1.29, 1.82) is 0 Å². The zero-order valence-electron chi connectivity index (χ0n) is 8.85. The van der Waals surface area contributed by atoms with Crippen molar-refractivity contribution >= 4 is 5.95 Å². The number of nitrogens with zero attached hydrogens (tertiary/aromatic N) is 3. The molecule has 2 heterocycles. The maximum Gasteiger partial charge on any atom is 0.205 e. The van der Waals surface area contributed by atoms with Gasteiger partial charge in [-0.2, -0.15) is 0 Å². The van der Waals surface area contributed by atoms with E-state index in [9.17, 15) is 0 Å². The monoisotopic (exact) mass is 194 g/mol. The highest BCUT2D eigenvalue weighted by Crippen LogP contribution is 2.20. The van der Waals surface area contributed by atoms with Crippen LogP contribution >= 0.6 is 0 Å². The second-order valence-electron chi connectivity index (χ2n) is 4.22. The smallest absolute Gasteiger partial charge is 0.205 e. The highest BCUT2D eigenvalue weighted by Gasteiger charge is 2.22. The van der Waals surface area contributed by atoms with E-state index in [1.54, 1.807) is 0 Å². The number of hydrogen-bond acceptors (Lipinski definition) is 3. The van der Waals surface area contributed by atoms with E-state index in [0.29, 0.717) is 12.1 Å². The molecule has 0 radical (unpaired) electrons. The molecule has 1 aliphatic heterocycles. The minimum atomic E-state index is 0.312. The minimum Gasteiger partial charge on any atom is -0.341 e. The predicted octanol–water partition coefficient (Wildman–Crippen LogP) is 1.00. The summed E-state index contributed by atoms with van der Waals surface area (Å²) in [7, 11) is 0. The van der Waals surface area contributed by atoms with Crippen molar-refractivity contribution in [1.82, 2.24) is 9.55 Å². The lowest BCUT2D eigenvalue weighted by Gasteiger charge is -2.20. The van der Waals surface area contributed by atoms with Crippen molar-refractivity contribution in [3.63, 3.8) is 0 Å². The van der Waals surface area contributed by atoms with Crippen molar-refractivity contribution in [3.8, 4) is 0 Å². The number of aromatic nitrogens is 2. The molecule has 0 spiro atoms. The van der Waals surface area contributed by atoms with Crippen molar-refractivity contribution in [2.24, 2.45) is 5.73 Å². The minimum absolute atomic E-state index is 0.312. The van der Waals surface area contributed by atoms with Crippen molar-refractivity contribution in [3.05, 3.63) is 12.4 Å². The lowest BCUT2D eigenvalue weighted by molar-refractivity contribution is 0.592. The highest BCUT2D eigenvalue weighted by atomic mass is 15.3. The lowest BCUT2D eigenvalue weighted by atomic mass is 10.3. The molecule has 0 aliphatic carbocycles. The van der Waals surface area contributed by atoms with E-state index in [1.165, 1.54) is 0 Å². The maximum absolute atomic E-state index is 5.88. The molecule has 0 aromatic carbocycles. The van der Waals surface area contributed by atoms with Gasteiger partial charge in [0, 0.05) is 37.6 Å². The van der Waals surface area contributed by atoms with Crippen LogP contribution in [0.1, 0.15) is 26.3 Å². The van der Waals surface area contributed by atoms with Crippen LogP contribution in [-0.2, 0) is 0 Å². The number of imidazole rings is 1. The van der Waals surface area contributed by atoms with E-state index in [1.807, 2.05) is 12.4 Å². The first-order chi connectivity index (χ1) is 6.68. The average molecular weight is 194 g/mol. The third kappa shape index (κ3) is 1.62. The Bertz CT molecular complexity index is 305. The van der Waals surface area contributed by atoms with Gasteiger partial charge in [-0.25, -0.2) is 4.98 Å². The van der Waals surface area contributed by atoms with Crippen molar-refractivity contribution < 1.29 is 0 Å². The zero-order chi connectivity index (χ0) is 10.1. The molecule has 1 aliphatic rings. The third-order valence-electron chi connectivity index (χ3n) is 2.71. The Balaban J connectivity index is 2.19. The molecule has 1 atom stereocenters. The van der Waals surface area contributed by atoms with Crippen LogP contribution in [0.5, 0.6) is 0 Å². The maximum atomic E-state index is 5.88.